The van der Waals surface area contributed by atoms with Gasteiger partial charge in [-0.15, -0.1) is 11.3 Å². The fraction of sp³-hybridized carbons (Fsp3) is 0.800. The number of hydrogen-bond donors (Lipinski definition) is 1. The third kappa shape index (κ3) is 3.15. The lowest BCUT2D eigenvalue weighted by molar-refractivity contribution is 0.199. The molecule has 1 aliphatic rings. The highest BCUT2D eigenvalue weighted by atomic mass is 32.1. The Morgan fingerprint density at radius 1 is 1.40 bits per heavy atom. The first-order valence-electron chi connectivity index (χ1n) is 7.79. The van der Waals surface area contributed by atoms with Crippen molar-refractivity contribution in [3.05, 3.63) is 10.6 Å². The molecule has 0 bridgehead atoms. The van der Waals surface area contributed by atoms with Crippen LogP contribution in [0.4, 0.5) is 5.13 Å². The molecule has 1 aliphatic heterocycles. The standard InChI is InChI=1S/C15H28N4S/c1-5-11(3)14-13(9-16)20-15(17-14)19-8-7-18(6-2)12(4)10-19/h11-12H,5-10,16H2,1-4H3. The molecule has 1 fully saturated rings. The van der Waals surface area contributed by atoms with E-state index < -0.39 is 0 Å². The zero-order valence-corrected chi connectivity index (χ0v) is 14.0. The second kappa shape index (κ2) is 6.87. The van der Waals surface area contributed by atoms with E-state index in [-0.39, 0.29) is 0 Å². The molecule has 2 atom stereocenters. The van der Waals surface area contributed by atoms with Crippen LogP contribution in [0.1, 0.15) is 50.6 Å². The van der Waals surface area contributed by atoms with E-state index in [0.29, 0.717) is 18.5 Å². The average Bonchev–Trinajstić information content (AvgIpc) is 2.90. The average molecular weight is 296 g/mol. The summed E-state index contributed by atoms with van der Waals surface area (Å²) in [6.07, 6.45) is 1.12. The number of hydrogen-bond acceptors (Lipinski definition) is 5. The Bertz CT molecular complexity index is 432. The number of aromatic nitrogens is 1. The molecule has 0 radical (unpaired) electrons. The molecule has 0 aromatic carbocycles. The largest absolute Gasteiger partial charge is 0.345 e. The van der Waals surface area contributed by atoms with Crippen molar-refractivity contribution in [3.8, 4) is 0 Å². The Morgan fingerprint density at radius 2 is 2.15 bits per heavy atom. The summed E-state index contributed by atoms with van der Waals surface area (Å²) in [6, 6.07) is 0.603. The summed E-state index contributed by atoms with van der Waals surface area (Å²) in [4.78, 5) is 11.1. The monoisotopic (exact) mass is 296 g/mol. The van der Waals surface area contributed by atoms with Crippen molar-refractivity contribution in [2.24, 2.45) is 5.73 Å². The van der Waals surface area contributed by atoms with Gasteiger partial charge in [0.1, 0.15) is 0 Å². The van der Waals surface area contributed by atoms with Crippen LogP contribution >= 0.6 is 11.3 Å². The molecule has 5 heteroatoms. The molecule has 0 aliphatic carbocycles. The van der Waals surface area contributed by atoms with Gasteiger partial charge in [-0.05, 0) is 25.8 Å². The number of thiazole rings is 1. The second-order valence-corrected chi connectivity index (χ2v) is 6.80. The van der Waals surface area contributed by atoms with Crippen LogP contribution in [0.3, 0.4) is 0 Å². The first-order chi connectivity index (χ1) is 9.60. The Morgan fingerprint density at radius 3 is 2.70 bits per heavy atom. The van der Waals surface area contributed by atoms with Gasteiger partial charge in [-0.25, -0.2) is 4.98 Å². The highest BCUT2D eigenvalue weighted by Crippen LogP contribution is 2.32. The van der Waals surface area contributed by atoms with Gasteiger partial charge in [-0.1, -0.05) is 20.8 Å². The van der Waals surface area contributed by atoms with E-state index >= 15 is 0 Å². The Balaban J connectivity index is 2.15. The summed E-state index contributed by atoms with van der Waals surface area (Å²) >= 11 is 1.79. The van der Waals surface area contributed by atoms with Gasteiger partial charge in [0.25, 0.3) is 0 Å². The molecule has 1 saturated heterocycles. The Kier molecular flexibility index (Phi) is 5.41. The maximum Gasteiger partial charge on any atom is 0.185 e. The second-order valence-electron chi connectivity index (χ2n) is 5.74. The maximum absolute atomic E-state index is 5.90. The van der Waals surface area contributed by atoms with Crippen molar-refractivity contribution in [2.75, 3.05) is 31.1 Å². The topological polar surface area (TPSA) is 45.4 Å². The summed E-state index contributed by atoms with van der Waals surface area (Å²) in [5.41, 5.74) is 7.12. The normalized spacial score (nSPS) is 22.2. The first-order valence-corrected chi connectivity index (χ1v) is 8.60. The number of piperazine rings is 1. The minimum Gasteiger partial charge on any atom is -0.345 e. The van der Waals surface area contributed by atoms with E-state index in [1.165, 1.54) is 15.7 Å². The van der Waals surface area contributed by atoms with E-state index in [2.05, 4.69) is 37.5 Å². The van der Waals surface area contributed by atoms with Crippen molar-refractivity contribution >= 4 is 16.5 Å². The van der Waals surface area contributed by atoms with Crippen LogP contribution in [0.5, 0.6) is 0 Å². The van der Waals surface area contributed by atoms with Crippen molar-refractivity contribution in [3.63, 3.8) is 0 Å². The first kappa shape index (κ1) is 15.7. The van der Waals surface area contributed by atoms with Crippen LogP contribution in [0.25, 0.3) is 0 Å². The van der Waals surface area contributed by atoms with Crippen LogP contribution in [-0.4, -0.2) is 42.1 Å². The summed E-state index contributed by atoms with van der Waals surface area (Å²) in [5, 5.41) is 1.17. The highest BCUT2D eigenvalue weighted by molar-refractivity contribution is 7.15. The number of anilines is 1. The molecule has 4 nitrogen and oxygen atoms in total. The van der Waals surface area contributed by atoms with Gasteiger partial charge in [-0.2, -0.15) is 0 Å². The van der Waals surface area contributed by atoms with E-state index in [1.54, 1.807) is 11.3 Å². The van der Waals surface area contributed by atoms with Gasteiger partial charge in [0, 0.05) is 37.1 Å². The summed E-state index contributed by atoms with van der Waals surface area (Å²) in [6.45, 7) is 14.0. The molecular weight excluding hydrogens is 268 g/mol. The predicted octanol–water partition coefficient (Wildman–Crippen LogP) is 2.65. The number of nitrogens with two attached hydrogens (primary N) is 1. The molecule has 0 spiro atoms. The number of nitrogens with zero attached hydrogens (tertiary/aromatic N) is 3. The quantitative estimate of drug-likeness (QED) is 0.907. The van der Waals surface area contributed by atoms with Gasteiger partial charge >= 0.3 is 0 Å². The van der Waals surface area contributed by atoms with Gasteiger partial charge in [0.05, 0.1) is 5.69 Å². The van der Waals surface area contributed by atoms with E-state index in [4.69, 9.17) is 10.7 Å². The lowest BCUT2D eigenvalue weighted by Crippen LogP contribution is -2.51. The molecule has 2 rings (SSSR count). The number of rotatable bonds is 5. The van der Waals surface area contributed by atoms with Gasteiger partial charge in [0.15, 0.2) is 5.13 Å². The zero-order valence-electron chi connectivity index (χ0n) is 13.2. The smallest absolute Gasteiger partial charge is 0.185 e. The van der Waals surface area contributed by atoms with Gasteiger partial charge < -0.3 is 10.6 Å². The lowest BCUT2D eigenvalue weighted by atomic mass is 10.0. The van der Waals surface area contributed by atoms with Crippen LogP contribution < -0.4 is 10.6 Å². The molecule has 2 unspecified atom stereocenters. The van der Waals surface area contributed by atoms with Crippen LogP contribution in [0, 0.1) is 0 Å². The third-order valence-electron chi connectivity index (χ3n) is 4.42. The molecule has 0 amide bonds. The SMILES string of the molecule is CCC(C)c1nc(N2CCN(CC)C(C)C2)sc1CN. The van der Waals surface area contributed by atoms with Gasteiger partial charge in [-0.3, -0.25) is 4.90 Å². The highest BCUT2D eigenvalue weighted by Gasteiger charge is 2.25. The van der Waals surface area contributed by atoms with E-state index in [9.17, 15) is 0 Å². The number of likely N-dealkylation sites (N-methyl/N-ethyl adjacent to an activating group) is 1. The summed E-state index contributed by atoms with van der Waals surface area (Å²) in [5.74, 6) is 0.507. The molecule has 20 heavy (non-hydrogen) atoms. The fourth-order valence-corrected chi connectivity index (χ4v) is 3.94. The molecule has 2 heterocycles. The van der Waals surface area contributed by atoms with Crippen molar-refractivity contribution < 1.29 is 0 Å². The minimum absolute atomic E-state index is 0.507. The third-order valence-corrected chi connectivity index (χ3v) is 5.58. The van der Waals surface area contributed by atoms with Crippen LogP contribution in [0.15, 0.2) is 0 Å². The van der Waals surface area contributed by atoms with Crippen molar-refractivity contribution in [1.82, 2.24) is 9.88 Å². The summed E-state index contributed by atoms with van der Waals surface area (Å²) < 4.78 is 0. The predicted molar refractivity (Wildman–Crippen MR) is 87.6 cm³/mol. The van der Waals surface area contributed by atoms with Crippen molar-refractivity contribution in [1.29, 1.82) is 0 Å². The van der Waals surface area contributed by atoms with E-state index in [0.717, 1.165) is 32.6 Å². The Hall–Kier alpha value is -0.650. The fourth-order valence-electron chi connectivity index (χ4n) is 2.85. The Labute approximate surface area is 127 Å². The molecular formula is C15H28N4S. The molecule has 1 aromatic rings. The molecule has 1 aromatic heterocycles. The zero-order chi connectivity index (χ0) is 14.7. The summed E-state index contributed by atoms with van der Waals surface area (Å²) in [7, 11) is 0. The van der Waals surface area contributed by atoms with Gasteiger partial charge in [0.2, 0.25) is 0 Å². The molecule has 0 saturated carbocycles. The van der Waals surface area contributed by atoms with Crippen LogP contribution in [0.2, 0.25) is 0 Å². The van der Waals surface area contributed by atoms with Crippen LogP contribution in [-0.2, 0) is 6.54 Å². The van der Waals surface area contributed by atoms with E-state index in [1.807, 2.05) is 0 Å². The molecule has 2 N–H and O–H groups in total. The lowest BCUT2D eigenvalue weighted by Gasteiger charge is -2.39. The van der Waals surface area contributed by atoms with Crippen molar-refractivity contribution in [2.45, 2.75) is 52.6 Å². The molecule has 114 valence electrons. The maximum atomic E-state index is 5.90. The minimum atomic E-state index is 0.507.